The van der Waals surface area contributed by atoms with Gasteiger partial charge in [-0.15, -0.1) is 0 Å². The lowest BCUT2D eigenvalue weighted by Gasteiger charge is -2.33. The van der Waals surface area contributed by atoms with Crippen LogP contribution in [0.15, 0.2) is 67.1 Å². The highest BCUT2D eigenvalue weighted by molar-refractivity contribution is 5.98. The van der Waals surface area contributed by atoms with E-state index in [1.54, 1.807) is 30.9 Å². The van der Waals surface area contributed by atoms with E-state index in [-0.39, 0.29) is 24.9 Å². The number of aromatic nitrogens is 2. The Morgan fingerprint density at radius 3 is 2.40 bits per heavy atom. The fourth-order valence-corrected chi connectivity index (χ4v) is 4.87. The van der Waals surface area contributed by atoms with Crippen molar-refractivity contribution in [2.75, 3.05) is 25.0 Å². The van der Waals surface area contributed by atoms with E-state index in [0.717, 1.165) is 29.5 Å². The molecule has 2 atom stereocenters. The van der Waals surface area contributed by atoms with Crippen LogP contribution in [-0.2, 0) is 25.7 Å². The normalized spacial score (nSPS) is 15.6. The van der Waals surface area contributed by atoms with Crippen molar-refractivity contribution in [2.24, 2.45) is 11.7 Å². The molecule has 0 radical (unpaired) electrons. The number of imidazole rings is 1. The number of nitrogens with zero attached hydrogens (tertiary/aromatic N) is 3. The number of amides is 3. The van der Waals surface area contributed by atoms with Gasteiger partial charge in [0.1, 0.15) is 12.1 Å². The van der Waals surface area contributed by atoms with Crippen LogP contribution < -0.4 is 16.4 Å². The quantitative estimate of drug-likeness (QED) is 0.322. The summed E-state index contributed by atoms with van der Waals surface area (Å²) < 4.78 is 7.52. The Bertz CT molecular complexity index is 1360. The number of hydrogen-bond acceptors (Lipinski definition) is 6. The van der Waals surface area contributed by atoms with Crippen molar-refractivity contribution < 1.29 is 19.1 Å². The number of anilines is 1. The number of nitrogens with one attached hydrogen (secondary N) is 2. The van der Waals surface area contributed by atoms with E-state index in [0.29, 0.717) is 19.0 Å². The summed E-state index contributed by atoms with van der Waals surface area (Å²) in [5.41, 5.74) is 7.58. The number of benzene rings is 2. The molecule has 0 bridgehead atoms. The Labute approximate surface area is 247 Å². The molecular weight excluding hydrogens is 532 g/mol. The highest BCUT2D eigenvalue weighted by atomic mass is 16.5. The second-order valence-electron chi connectivity index (χ2n) is 11.7. The molecule has 1 unspecified atom stereocenters. The van der Waals surface area contributed by atoms with Gasteiger partial charge in [0.15, 0.2) is 5.82 Å². The topological polar surface area (TPSA) is 132 Å². The minimum absolute atomic E-state index is 0.00361. The van der Waals surface area contributed by atoms with Crippen LogP contribution in [0.1, 0.15) is 56.3 Å². The zero-order valence-corrected chi connectivity index (χ0v) is 24.9. The third-order valence-corrected chi connectivity index (χ3v) is 7.57. The molecule has 1 aromatic heterocycles. The van der Waals surface area contributed by atoms with Crippen LogP contribution in [0.3, 0.4) is 0 Å². The van der Waals surface area contributed by atoms with Crippen molar-refractivity contribution >= 4 is 23.5 Å². The molecular formula is C32H42N6O4. The number of ether oxygens (including phenoxy) is 1. The monoisotopic (exact) mass is 574 g/mol. The van der Waals surface area contributed by atoms with Crippen LogP contribution in [0.25, 0.3) is 0 Å². The zero-order valence-electron chi connectivity index (χ0n) is 24.9. The Morgan fingerprint density at radius 2 is 1.74 bits per heavy atom. The van der Waals surface area contributed by atoms with E-state index in [4.69, 9.17) is 10.5 Å². The first kappa shape index (κ1) is 30.9. The maximum atomic E-state index is 13.9. The number of carbonyl (C=O) groups excluding carboxylic acids is 3. The number of carbonyl (C=O) groups is 3. The van der Waals surface area contributed by atoms with Gasteiger partial charge in [-0.3, -0.25) is 14.4 Å². The molecule has 3 amide bonds. The first-order valence-corrected chi connectivity index (χ1v) is 14.4. The summed E-state index contributed by atoms with van der Waals surface area (Å²) in [4.78, 5) is 46.2. The maximum Gasteiger partial charge on any atom is 0.250 e. The van der Waals surface area contributed by atoms with Gasteiger partial charge in [0.25, 0.3) is 5.91 Å². The predicted octanol–water partition coefficient (Wildman–Crippen LogP) is 3.42. The van der Waals surface area contributed by atoms with Gasteiger partial charge in [-0.05, 0) is 56.2 Å². The highest BCUT2D eigenvalue weighted by Gasteiger charge is 2.32. The van der Waals surface area contributed by atoms with Gasteiger partial charge < -0.3 is 30.6 Å². The third kappa shape index (κ3) is 8.04. The summed E-state index contributed by atoms with van der Waals surface area (Å²) >= 11 is 0. The van der Waals surface area contributed by atoms with Gasteiger partial charge in [-0.25, -0.2) is 4.98 Å². The minimum atomic E-state index is -1.19. The van der Waals surface area contributed by atoms with E-state index in [9.17, 15) is 14.4 Å². The van der Waals surface area contributed by atoms with Crippen molar-refractivity contribution in [2.45, 2.75) is 64.8 Å². The Balaban J connectivity index is 1.52. The summed E-state index contributed by atoms with van der Waals surface area (Å²) in [6.07, 6.45) is 5.14. The van der Waals surface area contributed by atoms with Crippen LogP contribution in [0.4, 0.5) is 5.82 Å². The van der Waals surface area contributed by atoms with Gasteiger partial charge in [-0.2, -0.15) is 0 Å². The van der Waals surface area contributed by atoms with Crippen LogP contribution in [-0.4, -0.2) is 63.4 Å². The number of piperidine rings is 1. The average Bonchev–Trinajstić information content (AvgIpc) is 3.41. The summed E-state index contributed by atoms with van der Waals surface area (Å²) in [5, 5.41) is 5.48. The van der Waals surface area contributed by atoms with E-state index >= 15 is 0 Å². The molecule has 1 aliphatic rings. The maximum absolute atomic E-state index is 13.9. The van der Waals surface area contributed by atoms with Crippen molar-refractivity contribution in [1.29, 1.82) is 0 Å². The standard InChI is InChI=1S/C32H42N6O4/c1-22-14-16-37(17-15-22)30(40)28(25-13-9-8-10-23(25)2)38-18-27(34-21-38)36-29(39)26(35-31(41)32(3,4)33)20-42-19-24-11-6-5-7-12-24/h5-13,18,21-22,26,28H,14-17,19-20,33H2,1-4H3,(H,35,41)(H,36,39)/t26-,28?/m1/s1. The Morgan fingerprint density at radius 1 is 1.07 bits per heavy atom. The number of likely N-dealkylation sites (tertiary alicyclic amines) is 1. The van der Waals surface area contributed by atoms with Crippen LogP contribution >= 0.6 is 0 Å². The summed E-state index contributed by atoms with van der Waals surface area (Å²) in [5.74, 6) is -0.146. The third-order valence-electron chi connectivity index (χ3n) is 7.57. The molecule has 1 fully saturated rings. The molecule has 4 N–H and O–H groups in total. The molecule has 0 saturated carbocycles. The van der Waals surface area contributed by atoms with E-state index < -0.39 is 29.4 Å². The van der Waals surface area contributed by atoms with Gasteiger partial charge in [-0.1, -0.05) is 61.5 Å². The fourth-order valence-electron chi connectivity index (χ4n) is 4.87. The summed E-state index contributed by atoms with van der Waals surface area (Å²) in [7, 11) is 0. The van der Waals surface area contributed by atoms with Crippen molar-refractivity contribution in [3.05, 3.63) is 83.8 Å². The summed E-state index contributed by atoms with van der Waals surface area (Å²) in [6, 6.07) is 15.7. The van der Waals surface area contributed by atoms with E-state index in [1.165, 1.54) is 0 Å². The average molecular weight is 575 g/mol. The lowest BCUT2D eigenvalue weighted by molar-refractivity contribution is -0.135. The van der Waals surface area contributed by atoms with Gasteiger partial charge >= 0.3 is 0 Å². The molecule has 224 valence electrons. The van der Waals surface area contributed by atoms with Crippen LogP contribution in [0.2, 0.25) is 0 Å². The molecule has 0 aliphatic carbocycles. The molecule has 10 nitrogen and oxygen atoms in total. The number of hydrogen-bond donors (Lipinski definition) is 3. The molecule has 4 rings (SSSR count). The SMILES string of the molecule is Cc1ccccc1C(C(=O)N1CCC(C)CC1)n1cnc(NC(=O)[C@@H](COCc2ccccc2)NC(=O)C(C)(C)N)c1. The van der Waals surface area contributed by atoms with Gasteiger partial charge in [0.05, 0.1) is 25.1 Å². The van der Waals surface area contributed by atoms with Crippen LogP contribution in [0, 0.1) is 12.8 Å². The number of rotatable bonds is 11. The second kappa shape index (κ2) is 13.8. The first-order valence-electron chi connectivity index (χ1n) is 14.4. The predicted molar refractivity (Wildman–Crippen MR) is 161 cm³/mol. The molecule has 2 heterocycles. The number of nitrogens with two attached hydrogens (primary N) is 1. The number of aryl methyl sites for hydroxylation is 1. The molecule has 42 heavy (non-hydrogen) atoms. The fraction of sp³-hybridized carbons (Fsp3) is 0.438. The van der Waals surface area contributed by atoms with E-state index in [2.05, 4.69) is 22.5 Å². The zero-order chi connectivity index (χ0) is 30.3. The molecule has 1 saturated heterocycles. The minimum Gasteiger partial charge on any atom is -0.374 e. The molecule has 1 aliphatic heterocycles. The Hall–Kier alpha value is -4.02. The van der Waals surface area contributed by atoms with Crippen molar-refractivity contribution in [3.8, 4) is 0 Å². The van der Waals surface area contributed by atoms with Crippen LogP contribution in [0.5, 0.6) is 0 Å². The lowest BCUT2D eigenvalue weighted by Crippen LogP contribution is -2.56. The van der Waals surface area contributed by atoms with Crippen molar-refractivity contribution in [1.82, 2.24) is 19.8 Å². The first-order chi connectivity index (χ1) is 20.0. The Kier molecular flexibility index (Phi) is 10.1. The second-order valence-corrected chi connectivity index (χ2v) is 11.7. The van der Waals surface area contributed by atoms with Gasteiger partial charge in [0, 0.05) is 19.3 Å². The highest BCUT2D eigenvalue weighted by Crippen LogP contribution is 2.27. The summed E-state index contributed by atoms with van der Waals surface area (Å²) in [6.45, 7) is 8.95. The van der Waals surface area contributed by atoms with Gasteiger partial charge in [0.2, 0.25) is 11.8 Å². The lowest BCUT2D eigenvalue weighted by atomic mass is 9.96. The molecule has 10 heteroatoms. The smallest absolute Gasteiger partial charge is 0.250 e. The van der Waals surface area contributed by atoms with Crippen molar-refractivity contribution in [3.63, 3.8) is 0 Å². The molecule has 2 aromatic carbocycles. The molecule has 0 spiro atoms. The largest absolute Gasteiger partial charge is 0.374 e. The van der Waals surface area contributed by atoms with E-state index in [1.807, 2.05) is 66.4 Å². The molecule has 3 aromatic rings.